The summed E-state index contributed by atoms with van der Waals surface area (Å²) in [6.45, 7) is 0. The van der Waals surface area contributed by atoms with Crippen molar-refractivity contribution in [3.8, 4) is 33.6 Å². The van der Waals surface area contributed by atoms with Crippen LogP contribution in [0.4, 0.5) is 0 Å². The van der Waals surface area contributed by atoms with Gasteiger partial charge >= 0.3 is 0 Å². The van der Waals surface area contributed by atoms with Crippen molar-refractivity contribution < 1.29 is 4.42 Å². The quantitative estimate of drug-likeness (QED) is 0.197. The lowest BCUT2D eigenvalue weighted by molar-refractivity contribution is 0.645. The molecule has 0 radical (unpaired) electrons. The van der Waals surface area contributed by atoms with Crippen LogP contribution in [0.25, 0.3) is 88.4 Å². The van der Waals surface area contributed by atoms with Gasteiger partial charge in [0.2, 0.25) is 5.71 Å². The van der Waals surface area contributed by atoms with Gasteiger partial charge in [-0.3, -0.25) is 4.57 Å². The van der Waals surface area contributed by atoms with E-state index in [1.807, 2.05) is 12.1 Å². The number of benzene rings is 7. The van der Waals surface area contributed by atoms with Gasteiger partial charge in [-0.2, -0.15) is 0 Å². The summed E-state index contributed by atoms with van der Waals surface area (Å²) in [6.07, 6.45) is 0. The molecule has 0 aliphatic heterocycles. The third-order valence-electron chi connectivity index (χ3n) is 9.51. The SMILES string of the molecule is c1ccc(-n2c3ccccc3c3cc(-c4cccc(-c5cccc(-n6c7ccccc7c7c8ccccc8oc76)c5)c4)ccc32)cc1. The molecule has 10 aromatic rings. The lowest BCUT2D eigenvalue weighted by atomic mass is 9.97. The zero-order valence-electron chi connectivity index (χ0n) is 25.5. The number of rotatable bonds is 4. The van der Waals surface area contributed by atoms with Crippen LogP contribution in [0.3, 0.4) is 0 Å². The van der Waals surface area contributed by atoms with Crippen molar-refractivity contribution in [2.75, 3.05) is 0 Å². The highest BCUT2D eigenvalue weighted by atomic mass is 16.3. The predicted octanol–water partition coefficient (Wildman–Crippen LogP) is 12.0. The molecule has 7 aromatic carbocycles. The van der Waals surface area contributed by atoms with Gasteiger partial charge in [0.1, 0.15) is 5.58 Å². The van der Waals surface area contributed by atoms with Crippen molar-refractivity contribution in [1.29, 1.82) is 0 Å². The summed E-state index contributed by atoms with van der Waals surface area (Å²) in [5, 5.41) is 6.01. The Labute approximate surface area is 271 Å². The van der Waals surface area contributed by atoms with E-state index in [-0.39, 0.29) is 0 Å². The van der Waals surface area contributed by atoms with Crippen LogP contribution < -0.4 is 0 Å². The summed E-state index contributed by atoms with van der Waals surface area (Å²) in [6, 6.07) is 60.7. The molecule has 3 nitrogen and oxygen atoms in total. The largest absolute Gasteiger partial charge is 0.439 e. The molecule has 3 heterocycles. The fourth-order valence-corrected chi connectivity index (χ4v) is 7.41. The van der Waals surface area contributed by atoms with Crippen LogP contribution in [-0.2, 0) is 0 Å². The molecule has 47 heavy (non-hydrogen) atoms. The molecular weight excluding hydrogens is 572 g/mol. The van der Waals surface area contributed by atoms with Gasteiger partial charge in [-0.15, -0.1) is 0 Å². The molecule has 3 heteroatoms. The smallest absolute Gasteiger partial charge is 0.213 e. The Balaban J connectivity index is 1.10. The van der Waals surface area contributed by atoms with Crippen LogP contribution in [0.5, 0.6) is 0 Å². The highest BCUT2D eigenvalue weighted by Crippen LogP contribution is 2.40. The summed E-state index contributed by atoms with van der Waals surface area (Å²) in [4.78, 5) is 0. The van der Waals surface area contributed by atoms with Crippen LogP contribution >= 0.6 is 0 Å². The Bertz CT molecular complexity index is 2800. The first kappa shape index (κ1) is 26.0. The molecule has 0 saturated heterocycles. The van der Waals surface area contributed by atoms with E-state index in [0.717, 1.165) is 38.8 Å². The first-order valence-electron chi connectivity index (χ1n) is 16.0. The lowest BCUT2D eigenvalue weighted by Gasteiger charge is -2.11. The van der Waals surface area contributed by atoms with Crippen LogP contribution in [0.15, 0.2) is 174 Å². The minimum absolute atomic E-state index is 0.876. The zero-order valence-corrected chi connectivity index (χ0v) is 25.5. The van der Waals surface area contributed by atoms with E-state index in [1.54, 1.807) is 0 Å². The molecule has 0 fully saturated rings. The predicted molar refractivity (Wildman–Crippen MR) is 196 cm³/mol. The van der Waals surface area contributed by atoms with Crippen molar-refractivity contribution in [1.82, 2.24) is 9.13 Å². The number of aromatic nitrogens is 2. The molecule has 3 aromatic heterocycles. The minimum Gasteiger partial charge on any atom is -0.439 e. The number of furan rings is 1. The fourth-order valence-electron chi connectivity index (χ4n) is 7.41. The Morgan fingerprint density at radius 3 is 1.72 bits per heavy atom. The molecule has 0 unspecified atom stereocenters. The molecule has 0 atom stereocenters. The highest BCUT2D eigenvalue weighted by molar-refractivity contribution is 6.20. The Morgan fingerprint density at radius 2 is 0.915 bits per heavy atom. The number of hydrogen-bond acceptors (Lipinski definition) is 1. The molecule has 0 aliphatic carbocycles. The fraction of sp³-hybridized carbons (Fsp3) is 0. The second-order valence-corrected chi connectivity index (χ2v) is 12.2. The first-order chi connectivity index (χ1) is 23.3. The van der Waals surface area contributed by atoms with Gasteiger partial charge in [0, 0.05) is 32.9 Å². The third kappa shape index (κ3) is 3.93. The van der Waals surface area contributed by atoms with Gasteiger partial charge in [0.25, 0.3) is 0 Å². The number of hydrogen-bond donors (Lipinski definition) is 0. The summed E-state index contributed by atoms with van der Waals surface area (Å²) < 4.78 is 11.1. The third-order valence-corrected chi connectivity index (χ3v) is 9.51. The Morgan fingerprint density at radius 1 is 0.340 bits per heavy atom. The van der Waals surface area contributed by atoms with E-state index < -0.39 is 0 Å². The molecule has 0 N–H and O–H groups in total. The zero-order chi connectivity index (χ0) is 30.9. The summed E-state index contributed by atoms with van der Waals surface area (Å²) in [5.41, 5.74) is 12.3. The molecule has 0 amide bonds. The monoisotopic (exact) mass is 600 g/mol. The average molecular weight is 601 g/mol. The topological polar surface area (TPSA) is 23.0 Å². The normalized spacial score (nSPS) is 11.8. The van der Waals surface area contributed by atoms with Crippen molar-refractivity contribution in [3.63, 3.8) is 0 Å². The van der Waals surface area contributed by atoms with Crippen LogP contribution in [0.2, 0.25) is 0 Å². The molecule has 0 bridgehead atoms. The van der Waals surface area contributed by atoms with E-state index >= 15 is 0 Å². The van der Waals surface area contributed by atoms with Crippen LogP contribution in [0.1, 0.15) is 0 Å². The molecule has 0 saturated carbocycles. The first-order valence-corrected chi connectivity index (χ1v) is 16.0. The highest BCUT2D eigenvalue weighted by Gasteiger charge is 2.19. The van der Waals surface area contributed by atoms with E-state index in [9.17, 15) is 0 Å². The maximum atomic E-state index is 6.50. The maximum absolute atomic E-state index is 6.50. The van der Waals surface area contributed by atoms with E-state index in [1.165, 1.54) is 49.6 Å². The van der Waals surface area contributed by atoms with Crippen LogP contribution in [0, 0.1) is 0 Å². The summed E-state index contributed by atoms with van der Waals surface area (Å²) in [7, 11) is 0. The summed E-state index contributed by atoms with van der Waals surface area (Å²) in [5.74, 6) is 0. The van der Waals surface area contributed by atoms with Crippen molar-refractivity contribution in [2.24, 2.45) is 0 Å². The van der Waals surface area contributed by atoms with E-state index in [4.69, 9.17) is 4.42 Å². The lowest BCUT2D eigenvalue weighted by Crippen LogP contribution is -1.94. The number of nitrogens with zero attached hydrogens (tertiary/aromatic N) is 2. The molecule has 0 aliphatic rings. The average Bonchev–Trinajstić information content (AvgIpc) is 3.79. The molecular formula is C44H28N2O. The summed E-state index contributed by atoms with van der Waals surface area (Å²) >= 11 is 0. The van der Waals surface area contributed by atoms with E-state index in [2.05, 4.69) is 167 Å². The van der Waals surface area contributed by atoms with Gasteiger partial charge in [-0.05, 0) is 82.9 Å². The maximum Gasteiger partial charge on any atom is 0.213 e. The van der Waals surface area contributed by atoms with Gasteiger partial charge in [0.05, 0.1) is 21.9 Å². The van der Waals surface area contributed by atoms with Crippen molar-refractivity contribution in [3.05, 3.63) is 170 Å². The minimum atomic E-state index is 0.876. The van der Waals surface area contributed by atoms with Gasteiger partial charge in [0.15, 0.2) is 0 Å². The Hall–Kier alpha value is -6.32. The van der Waals surface area contributed by atoms with Crippen molar-refractivity contribution >= 4 is 54.8 Å². The van der Waals surface area contributed by atoms with Gasteiger partial charge < -0.3 is 8.98 Å². The molecule has 220 valence electrons. The van der Waals surface area contributed by atoms with Crippen molar-refractivity contribution in [2.45, 2.75) is 0 Å². The van der Waals surface area contributed by atoms with Gasteiger partial charge in [-0.1, -0.05) is 109 Å². The molecule has 10 rings (SSSR count). The molecule has 0 spiro atoms. The van der Waals surface area contributed by atoms with Crippen LogP contribution in [-0.4, -0.2) is 9.13 Å². The Kier molecular flexibility index (Phi) is 5.57. The number of para-hydroxylation sites is 4. The standard InChI is InChI=1S/C44H28N2O/c1-2-15-33(16-3-1)45-39-21-7-4-18-35(39)38-28-32(24-25-41(38)45)30-13-10-12-29(26-30)31-14-11-17-34(27-31)46-40-22-8-5-19-36(40)43-37-20-6-9-23-42(37)47-44(43)46/h1-28H. The number of fused-ring (bicyclic) bond motifs is 8. The van der Waals surface area contributed by atoms with Gasteiger partial charge in [-0.25, -0.2) is 0 Å². The second kappa shape index (κ2) is 10.1. The second-order valence-electron chi connectivity index (χ2n) is 12.2. The van der Waals surface area contributed by atoms with E-state index in [0.29, 0.717) is 0 Å².